The summed E-state index contributed by atoms with van der Waals surface area (Å²) in [5.74, 6) is 1.46. The van der Waals surface area contributed by atoms with Crippen LogP contribution in [0.5, 0.6) is 5.75 Å². The monoisotopic (exact) mass is 221 g/mol. The van der Waals surface area contributed by atoms with Crippen LogP contribution in [0.1, 0.15) is 44.7 Å². The van der Waals surface area contributed by atoms with Crippen molar-refractivity contribution >= 4 is 5.69 Å². The number of methoxy groups -OCH3 is 1. The number of hydrogen-bond donors (Lipinski definition) is 1. The van der Waals surface area contributed by atoms with Gasteiger partial charge in [0.25, 0.3) is 0 Å². The van der Waals surface area contributed by atoms with Crippen LogP contribution in [-0.4, -0.2) is 13.2 Å². The minimum absolute atomic E-state index is 0.415. The smallest absolute Gasteiger partial charge is 0.142 e. The highest BCUT2D eigenvalue weighted by atomic mass is 16.5. The zero-order valence-corrected chi connectivity index (χ0v) is 11.2. The number of benzene rings is 1. The van der Waals surface area contributed by atoms with Gasteiger partial charge in [0.1, 0.15) is 5.75 Å². The molecule has 0 spiro atoms. The molecular formula is C14H23NO. The average Bonchev–Trinajstić information content (AvgIpc) is 2.16. The molecule has 0 radical (unpaired) electrons. The van der Waals surface area contributed by atoms with E-state index in [4.69, 9.17) is 4.74 Å². The quantitative estimate of drug-likeness (QED) is 0.831. The zero-order chi connectivity index (χ0) is 12.3. The lowest BCUT2D eigenvalue weighted by atomic mass is 9.97. The van der Waals surface area contributed by atoms with Gasteiger partial charge in [-0.05, 0) is 49.9 Å². The van der Waals surface area contributed by atoms with E-state index in [1.807, 2.05) is 0 Å². The molecule has 0 saturated heterocycles. The van der Waals surface area contributed by atoms with Crippen LogP contribution in [0.3, 0.4) is 0 Å². The molecule has 0 bridgehead atoms. The summed E-state index contributed by atoms with van der Waals surface area (Å²) in [4.78, 5) is 0. The topological polar surface area (TPSA) is 21.3 Å². The van der Waals surface area contributed by atoms with Crippen molar-refractivity contribution in [3.05, 3.63) is 23.3 Å². The highest BCUT2D eigenvalue weighted by molar-refractivity contribution is 5.61. The molecule has 0 aliphatic carbocycles. The maximum atomic E-state index is 5.43. The highest BCUT2D eigenvalue weighted by Crippen LogP contribution is 2.32. The van der Waals surface area contributed by atoms with Crippen molar-refractivity contribution < 1.29 is 4.74 Å². The van der Waals surface area contributed by atoms with Crippen LogP contribution in [0.4, 0.5) is 5.69 Å². The van der Waals surface area contributed by atoms with Gasteiger partial charge in [-0.3, -0.25) is 0 Å². The van der Waals surface area contributed by atoms with Crippen LogP contribution >= 0.6 is 0 Å². The average molecular weight is 221 g/mol. The van der Waals surface area contributed by atoms with E-state index in [9.17, 15) is 0 Å². The van der Waals surface area contributed by atoms with Gasteiger partial charge in [0.15, 0.2) is 0 Å². The lowest BCUT2D eigenvalue weighted by Gasteiger charge is -2.18. The largest absolute Gasteiger partial charge is 0.495 e. The zero-order valence-electron chi connectivity index (χ0n) is 11.2. The fourth-order valence-electron chi connectivity index (χ4n) is 1.92. The Balaban J connectivity index is 3.15. The van der Waals surface area contributed by atoms with E-state index in [0.717, 1.165) is 11.4 Å². The summed E-state index contributed by atoms with van der Waals surface area (Å²) in [6.45, 7) is 10.8. The number of ether oxygens (including phenoxy) is 1. The van der Waals surface area contributed by atoms with Crippen LogP contribution in [0, 0.1) is 6.92 Å². The van der Waals surface area contributed by atoms with Gasteiger partial charge < -0.3 is 10.1 Å². The normalized spacial score (nSPS) is 11.0. The van der Waals surface area contributed by atoms with Crippen molar-refractivity contribution in [3.8, 4) is 5.75 Å². The van der Waals surface area contributed by atoms with Crippen molar-refractivity contribution in [2.45, 2.75) is 46.6 Å². The van der Waals surface area contributed by atoms with Crippen molar-refractivity contribution in [2.75, 3.05) is 12.4 Å². The third-order valence-corrected chi connectivity index (χ3v) is 2.65. The van der Waals surface area contributed by atoms with E-state index in [1.165, 1.54) is 11.1 Å². The number of hydrogen-bond acceptors (Lipinski definition) is 2. The third kappa shape index (κ3) is 2.91. The minimum Gasteiger partial charge on any atom is -0.495 e. The van der Waals surface area contributed by atoms with E-state index in [1.54, 1.807) is 7.11 Å². The molecule has 2 nitrogen and oxygen atoms in total. The molecule has 0 atom stereocenters. The molecule has 0 amide bonds. The Bertz CT molecular complexity index is 356. The molecule has 1 rings (SSSR count). The molecule has 0 unspecified atom stereocenters. The summed E-state index contributed by atoms with van der Waals surface area (Å²) >= 11 is 0. The number of aryl methyl sites for hydroxylation is 1. The first-order chi connectivity index (χ1) is 7.45. The van der Waals surface area contributed by atoms with Crippen LogP contribution in [0.2, 0.25) is 0 Å². The van der Waals surface area contributed by atoms with Gasteiger partial charge >= 0.3 is 0 Å². The first kappa shape index (κ1) is 12.9. The van der Waals surface area contributed by atoms with Crippen molar-refractivity contribution in [1.29, 1.82) is 0 Å². The fourth-order valence-corrected chi connectivity index (χ4v) is 1.92. The van der Waals surface area contributed by atoms with Crippen LogP contribution < -0.4 is 10.1 Å². The SMILES string of the molecule is COc1cc(C(C)C)c(C)cc1NC(C)C. The second-order valence-electron chi connectivity index (χ2n) is 4.86. The summed E-state index contributed by atoms with van der Waals surface area (Å²) in [5, 5.41) is 3.41. The third-order valence-electron chi connectivity index (χ3n) is 2.65. The molecule has 0 aromatic heterocycles. The standard InChI is InChI=1S/C14H23NO/c1-9(2)12-8-14(16-6)13(7-11(12)5)15-10(3)4/h7-10,15H,1-6H3. The van der Waals surface area contributed by atoms with Gasteiger partial charge in [-0.2, -0.15) is 0 Å². The fraction of sp³-hybridized carbons (Fsp3) is 0.571. The summed E-state index contributed by atoms with van der Waals surface area (Å²) in [5.41, 5.74) is 3.75. The molecule has 1 aromatic carbocycles. The molecule has 0 aliphatic rings. The van der Waals surface area contributed by atoms with Crippen LogP contribution in [-0.2, 0) is 0 Å². The Morgan fingerprint density at radius 2 is 1.75 bits per heavy atom. The molecular weight excluding hydrogens is 198 g/mol. The van der Waals surface area contributed by atoms with Crippen molar-refractivity contribution in [3.63, 3.8) is 0 Å². The Hall–Kier alpha value is -1.18. The highest BCUT2D eigenvalue weighted by Gasteiger charge is 2.10. The first-order valence-corrected chi connectivity index (χ1v) is 5.90. The van der Waals surface area contributed by atoms with E-state index in [-0.39, 0.29) is 0 Å². The number of rotatable bonds is 4. The Kier molecular flexibility index (Phi) is 4.22. The van der Waals surface area contributed by atoms with Gasteiger partial charge in [0.2, 0.25) is 0 Å². The Morgan fingerprint density at radius 3 is 2.19 bits per heavy atom. The van der Waals surface area contributed by atoms with Gasteiger partial charge in [-0.1, -0.05) is 13.8 Å². The second kappa shape index (κ2) is 5.24. The van der Waals surface area contributed by atoms with Crippen LogP contribution in [0.15, 0.2) is 12.1 Å². The number of nitrogens with one attached hydrogen (secondary N) is 1. The van der Waals surface area contributed by atoms with Crippen molar-refractivity contribution in [2.24, 2.45) is 0 Å². The molecule has 16 heavy (non-hydrogen) atoms. The lowest BCUT2D eigenvalue weighted by Crippen LogP contribution is -2.11. The van der Waals surface area contributed by atoms with Gasteiger partial charge in [-0.25, -0.2) is 0 Å². The van der Waals surface area contributed by atoms with Gasteiger partial charge in [0.05, 0.1) is 12.8 Å². The molecule has 2 heteroatoms. The summed E-state index contributed by atoms with van der Waals surface area (Å²) < 4.78 is 5.43. The second-order valence-corrected chi connectivity index (χ2v) is 4.86. The van der Waals surface area contributed by atoms with E-state index >= 15 is 0 Å². The van der Waals surface area contributed by atoms with E-state index in [2.05, 4.69) is 52.1 Å². The van der Waals surface area contributed by atoms with Crippen LogP contribution in [0.25, 0.3) is 0 Å². The predicted molar refractivity (Wildman–Crippen MR) is 70.6 cm³/mol. The Morgan fingerprint density at radius 1 is 1.12 bits per heavy atom. The summed E-state index contributed by atoms with van der Waals surface area (Å²) in [7, 11) is 1.72. The van der Waals surface area contributed by atoms with Gasteiger partial charge in [0, 0.05) is 6.04 Å². The maximum absolute atomic E-state index is 5.43. The molecule has 0 saturated carbocycles. The molecule has 1 N–H and O–H groups in total. The minimum atomic E-state index is 0.415. The molecule has 0 fully saturated rings. The Labute approximate surface area is 99.0 Å². The summed E-state index contributed by atoms with van der Waals surface area (Å²) in [6.07, 6.45) is 0. The van der Waals surface area contributed by atoms with E-state index in [0.29, 0.717) is 12.0 Å². The lowest BCUT2D eigenvalue weighted by molar-refractivity contribution is 0.415. The number of anilines is 1. The maximum Gasteiger partial charge on any atom is 0.142 e. The molecule has 0 heterocycles. The van der Waals surface area contributed by atoms with Crippen molar-refractivity contribution in [1.82, 2.24) is 0 Å². The van der Waals surface area contributed by atoms with E-state index < -0.39 is 0 Å². The molecule has 90 valence electrons. The predicted octanol–water partition coefficient (Wildman–Crippen LogP) is 3.95. The van der Waals surface area contributed by atoms with Gasteiger partial charge in [-0.15, -0.1) is 0 Å². The summed E-state index contributed by atoms with van der Waals surface area (Å²) in [6, 6.07) is 4.73. The first-order valence-electron chi connectivity index (χ1n) is 5.90. The molecule has 1 aromatic rings. The molecule has 0 aliphatic heterocycles.